The third-order valence-corrected chi connectivity index (χ3v) is 8.09. The molecule has 0 N–H and O–H groups in total. The molecule has 0 saturated carbocycles. The van der Waals surface area contributed by atoms with Crippen molar-refractivity contribution in [2.24, 2.45) is 5.10 Å². The second-order valence-corrected chi connectivity index (χ2v) is 10.9. The van der Waals surface area contributed by atoms with Crippen LogP contribution in [0.15, 0.2) is 71.8 Å². The molecule has 9 heteroatoms. The summed E-state index contributed by atoms with van der Waals surface area (Å²) in [5.74, 6) is -1.24. The van der Waals surface area contributed by atoms with Crippen molar-refractivity contribution in [1.29, 1.82) is 0 Å². The van der Waals surface area contributed by atoms with Gasteiger partial charge in [0, 0.05) is 43.2 Å². The summed E-state index contributed by atoms with van der Waals surface area (Å²) in [6.45, 7) is 7.53. The third kappa shape index (κ3) is 6.84. The largest absolute Gasteiger partial charge is 0.379 e. The van der Waals surface area contributed by atoms with Crippen LogP contribution in [0, 0.1) is 19.7 Å². The lowest BCUT2D eigenvalue weighted by Gasteiger charge is -2.31. The summed E-state index contributed by atoms with van der Waals surface area (Å²) in [4.78, 5) is 31.2. The van der Waals surface area contributed by atoms with Crippen LogP contribution < -0.4 is 0 Å². The maximum Gasteiger partial charge on any atom is 0.262 e. The molecule has 214 valence electrons. The number of carbonyl (C=O) groups is 2. The number of rotatable bonds is 8. The average molecular weight is 577 g/mol. The highest BCUT2D eigenvalue weighted by molar-refractivity contribution is 6.31. The zero-order chi connectivity index (χ0) is 28.9. The van der Waals surface area contributed by atoms with Crippen LogP contribution in [0.5, 0.6) is 0 Å². The van der Waals surface area contributed by atoms with Crippen molar-refractivity contribution < 1.29 is 18.7 Å². The van der Waals surface area contributed by atoms with E-state index in [1.807, 2.05) is 37.3 Å². The Labute approximate surface area is 245 Å². The molecule has 1 saturated heterocycles. The van der Waals surface area contributed by atoms with Gasteiger partial charge in [-0.25, -0.2) is 9.40 Å². The minimum absolute atomic E-state index is 0.197. The highest BCUT2D eigenvalue weighted by Crippen LogP contribution is 2.36. The fourth-order valence-electron chi connectivity index (χ4n) is 5.20. The van der Waals surface area contributed by atoms with Crippen LogP contribution in [0.25, 0.3) is 0 Å². The van der Waals surface area contributed by atoms with Crippen molar-refractivity contribution in [3.05, 3.63) is 105 Å². The maximum absolute atomic E-state index is 14.0. The molecular formula is C32H34ClFN4O3. The summed E-state index contributed by atoms with van der Waals surface area (Å²) >= 11 is 6.60. The maximum atomic E-state index is 14.0. The Kier molecular flexibility index (Phi) is 9.12. The normalized spacial score (nSPS) is 17.4. The summed E-state index contributed by atoms with van der Waals surface area (Å²) < 4.78 is 19.5. The standard InChI is InChI=1S/C32H34ClFN4O3/c1-22-10-11-24(18-23(22)2)29-20-30(27-8-3-4-9-28(27)33)38(35-29)31(39)21-37(13-12-36-14-16-41-17-15-36)32(40)25-6-5-7-26(34)19-25/h3-11,18-19,30H,12-17,20-21H2,1-2H3/t30-/m1/s1. The van der Waals surface area contributed by atoms with E-state index in [-0.39, 0.29) is 18.0 Å². The number of benzene rings is 3. The number of hydrogen-bond acceptors (Lipinski definition) is 5. The lowest BCUT2D eigenvalue weighted by Crippen LogP contribution is -2.46. The molecule has 7 nitrogen and oxygen atoms in total. The molecule has 0 radical (unpaired) electrons. The molecule has 0 aliphatic carbocycles. The summed E-state index contributed by atoms with van der Waals surface area (Å²) in [6.07, 6.45) is 0.490. The van der Waals surface area contributed by atoms with Crippen LogP contribution in [0.4, 0.5) is 4.39 Å². The molecular weight excluding hydrogens is 543 g/mol. The van der Waals surface area contributed by atoms with Crippen molar-refractivity contribution >= 4 is 29.1 Å². The fourth-order valence-corrected chi connectivity index (χ4v) is 5.46. The molecule has 3 aromatic carbocycles. The zero-order valence-corrected chi connectivity index (χ0v) is 24.1. The van der Waals surface area contributed by atoms with Gasteiger partial charge in [0.05, 0.1) is 25.0 Å². The molecule has 3 aromatic rings. The molecule has 1 atom stereocenters. The lowest BCUT2D eigenvalue weighted by molar-refractivity contribution is -0.133. The topological polar surface area (TPSA) is 65.5 Å². The SMILES string of the molecule is Cc1ccc(C2=NN(C(=O)CN(CCN3CCOCC3)C(=O)c3cccc(F)c3)[C@@H](c3ccccc3Cl)C2)cc1C. The summed E-state index contributed by atoms with van der Waals surface area (Å²) in [5.41, 5.74) is 5.03. The van der Waals surface area contributed by atoms with E-state index < -0.39 is 17.8 Å². The van der Waals surface area contributed by atoms with Gasteiger partial charge in [-0.05, 0) is 66.4 Å². The van der Waals surface area contributed by atoms with Gasteiger partial charge in [-0.1, -0.05) is 48.0 Å². The van der Waals surface area contributed by atoms with Crippen molar-refractivity contribution in [3.8, 4) is 0 Å². The van der Waals surface area contributed by atoms with E-state index in [1.165, 1.54) is 33.7 Å². The Balaban J connectivity index is 1.44. The molecule has 41 heavy (non-hydrogen) atoms. The number of hydrogen-bond donors (Lipinski definition) is 0. The van der Waals surface area contributed by atoms with E-state index in [1.54, 1.807) is 12.1 Å². The number of halogens is 2. The molecule has 2 aliphatic rings. The van der Waals surface area contributed by atoms with Crippen LogP contribution in [0.2, 0.25) is 5.02 Å². The Morgan fingerprint density at radius 3 is 2.54 bits per heavy atom. The van der Waals surface area contributed by atoms with E-state index in [0.717, 1.165) is 35.5 Å². The van der Waals surface area contributed by atoms with Gasteiger partial charge in [0.15, 0.2) is 0 Å². The van der Waals surface area contributed by atoms with Crippen LogP contribution in [-0.2, 0) is 9.53 Å². The first kappa shape index (κ1) is 28.9. The van der Waals surface area contributed by atoms with Crippen LogP contribution >= 0.6 is 11.6 Å². The molecule has 2 aliphatic heterocycles. The first-order valence-electron chi connectivity index (χ1n) is 13.9. The second kappa shape index (κ2) is 12.9. The van der Waals surface area contributed by atoms with E-state index in [4.69, 9.17) is 21.4 Å². The van der Waals surface area contributed by atoms with Gasteiger partial charge in [0.25, 0.3) is 11.8 Å². The predicted octanol–water partition coefficient (Wildman–Crippen LogP) is 5.25. The minimum Gasteiger partial charge on any atom is -0.379 e. The van der Waals surface area contributed by atoms with Gasteiger partial charge >= 0.3 is 0 Å². The number of aryl methyl sites for hydroxylation is 2. The number of carbonyl (C=O) groups excluding carboxylic acids is 2. The molecule has 0 spiro atoms. The van der Waals surface area contributed by atoms with Crippen molar-refractivity contribution in [2.45, 2.75) is 26.3 Å². The van der Waals surface area contributed by atoms with Gasteiger partial charge in [0.1, 0.15) is 12.4 Å². The van der Waals surface area contributed by atoms with Gasteiger partial charge in [-0.15, -0.1) is 0 Å². The monoisotopic (exact) mass is 576 g/mol. The third-order valence-electron chi connectivity index (χ3n) is 7.74. The fraction of sp³-hybridized carbons (Fsp3) is 0.344. The molecule has 0 aromatic heterocycles. The van der Waals surface area contributed by atoms with E-state index in [2.05, 4.69) is 17.9 Å². The van der Waals surface area contributed by atoms with Crippen LogP contribution in [-0.4, -0.2) is 78.3 Å². The highest BCUT2D eigenvalue weighted by atomic mass is 35.5. The number of hydrazone groups is 1. The molecule has 1 fully saturated rings. The van der Waals surface area contributed by atoms with Gasteiger partial charge in [-0.2, -0.15) is 5.10 Å². The molecule has 0 bridgehead atoms. The summed E-state index contributed by atoms with van der Waals surface area (Å²) in [5, 5.41) is 6.81. The van der Waals surface area contributed by atoms with Gasteiger partial charge < -0.3 is 9.64 Å². The van der Waals surface area contributed by atoms with Crippen molar-refractivity contribution in [3.63, 3.8) is 0 Å². The number of morpholine rings is 1. The number of nitrogens with zero attached hydrogens (tertiary/aromatic N) is 4. The van der Waals surface area contributed by atoms with Crippen LogP contribution in [0.1, 0.15) is 45.1 Å². The minimum atomic E-state index is -0.503. The summed E-state index contributed by atoms with van der Waals surface area (Å²) in [7, 11) is 0. The first-order valence-corrected chi connectivity index (χ1v) is 14.2. The number of ether oxygens (including phenoxy) is 1. The Morgan fingerprint density at radius 1 is 1.02 bits per heavy atom. The molecule has 2 heterocycles. The van der Waals surface area contributed by atoms with Crippen LogP contribution in [0.3, 0.4) is 0 Å². The zero-order valence-electron chi connectivity index (χ0n) is 23.4. The second-order valence-electron chi connectivity index (χ2n) is 10.5. The molecule has 0 unspecified atom stereocenters. The van der Waals surface area contributed by atoms with Crippen molar-refractivity contribution in [1.82, 2.24) is 14.8 Å². The summed E-state index contributed by atoms with van der Waals surface area (Å²) in [6, 6.07) is 18.7. The van der Waals surface area contributed by atoms with Gasteiger partial charge in [-0.3, -0.25) is 14.5 Å². The quantitative estimate of drug-likeness (QED) is 0.367. The molecule has 2 amide bonds. The lowest BCUT2D eigenvalue weighted by atomic mass is 9.96. The molecule has 5 rings (SSSR count). The Bertz CT molecular complexity index is 1460. The first-order chi connectivity index (χ1) is 19.8. The Morgan fingerprint density at radius 2 is 1.80 bits per heavy atom. The van der Waals surface area contributed by atoms with Gasteiger partial charge in [0.2, 0.25) is 0 Å². The van der Waals surface area contributed by atoms with E-state index in [0.29, 0.717) is 37.7 Å². The Hall–Kier alpha value is -3.59. The van der Waals surface area contributed by atoms with E-state index >= 15 is 0 Å². The predicted molar refractivity (Wildman–Crippen MR) is 158 cm³/mol. The highest BCUT2D eigenvalue weighted by Gasteiger charge is 2.35. The smallest absolute Gasteiger partial charge is 0.262 e. The number of amides is 2. The van der Waals surface area contributed by atoms with E-state index in [9.17, 15) is 14.0 Å². The van der Waals surface area contributed by atoms with Crippen molar-refractivity contribution in [2.75, 3.05) is 45.9 Å². The average Bonchev–Trinajstić information content (AvgIpc) is 3.42.